The van der Waals surface area contributed by atoms with Gasteiger partial charge in [0.05, 0.1) is 22.6 Å². The molecule has 6 nitrogen and oxygen atoms in total. The fraction of sp³-hybridized carbons (Fsp3) is 0.118. The standard InChI is InChI=1S/C17H13BrFN3O3/c1-9(20-17(24)25)15-21-13-7-3-6-12(18)14(13)16(23)22(15)11-5-2-4-10(19)8-11/h2-9,20H,1H3,(H,24,25). The molecular formula is C17H13BrFN3O3. The van der Waals surface area contributed by atoms with Gasteiger partial charge in [0, 0.05) is 4.47 Å². The Hall–Kier alpha value is -2.74. The van der Waals surface area contributed by atoms with Crippen LogP contribution in [0.15, 0.2) is 51.7 Å². The Morgan fingerprint density at radius 1 is 1.32 bits per heavy atom. The minimum Gasteiger partial charge on any atom is -0.465 e. The lowest BCUT2D eigenvalue weighted by atomic mass is 10.2. The second kappa shape index (κ2) is 6.64. The Morgan fingerprint density at radius 3 is 2.72 bits per heavy atom. The molecular weight excluding hydrogens is 393 g/mol. The SMILES string of the molecule is CC(NC(=O)O)c1nc2cccc(Br)c2c(=O)n1-c1cccc(F)c1. The molecule has 0 fully saturated rings. The van der Waals surface area contributed by atoms with Crippen molar-refractivity contribution in [3.63, 3.8) is 0 Å². The molecule has 8 heteroatoms. The van der Waals surface area contributed by atoms with Gasteiger partial charge in [-0.25, -0.2) is 14.2 Å². The number of rotatable bonds is 3. The zero-order valence-corrected chi connectivity index (χ0v) is 14.6. The summed E-state index contributed by atoms with van der Waals surface area (Å²) in [6, 6.07) is 9.81. The molecule has 1 atom stereocenters. The Kier molecular flexibility index (Phi) is 4.54. The average Bonchev–Trinajstić information content (AvgIpc) is 2.53. The highest BCUT2D eigenvalue weighted by molar-refractivity contribution is 9.10. The van der Waals surface area contributed by atoms with Crippen molar-refractivity contribution in [2.75, 3.05) is 0 Å². The third kappa shape index (κ3) is 3.25. The Bertz CT molecular complexity index is 1040. The van der Waals surface area contributed by atoms with E-state index in [1.54, 1.807) is 31.2 Å². The average molecular weight is 406 g/mol. The number of nitrogens with one attached hydrogen (secondary N) is 1. The van der Waals surface area contributed by atoms with Crippen molar-refractivity contribution in [2.45, 2.75) is 13.0 Å². The van der Waals surface area contributed by atoms with Gasteiger partial charge in [-0.15, -0.1) is 0 Å². The molecule has 0 spiro atoms. The number of hydrogen-bond donors (Lipinski definition) is 2. The monoisotopic (exact) mass is 405 g/mol. The lowest BCUT2D eigenvalue weighted by Crippen LogP contribution is -2.32. The van der Waals surface area contributed by atoms with Gasteiger partial charge >= 0.3 is 6.09 Å². The summed E-state index contributed by atoms with van der Waals surface area (Å²) in [5.41, 5.74) is 0.266. The lowest BCUT2D eigenvalue weighted by molar-refractivity contribution is 0.190. The first-order chi connectivity index (χ1) is 11.9. The summed E-state index contributed by atoms with van der Waals surface area (Å²) in [5.74, 6) is -0.343. The van der Waals surface area contributed by atoms with Crippen LogP contribution in [0.3, 0.4) is 0 Å². The number of aromatic nitrogens is 2. The third-order valence-corrected chi connectivity index (χ3v) is 4.33. The Balaban J connectivity index is 2.38. The van der Waals surface area contributed by atoms with Crippen LogP contribution in [0.4, 0.5) is 9.18 Å². The molecule has 1 aromatic heterocycles. The highest BCUT2D eigenvalue weighted by Crippen LogP contribution is 2.23. The van der Waals surface area contributed by atoms with E-state index >= 15 is 0 Å². The van der Waals surface area contributed by atoms with Crippen molar-refractivity contribution in [3.8, 4) is 5.69 Å². The minimum absolute atomic E-state index is 0.170. The lowest BCUT2D eigenvalue weighted by Gasteiger charge is -2.18. The fourth-order valence-corrected chi connectivity index (χ4v) is 3.14. The predicted molar refractivity (Wildman–Crippen MR) is 94.6 cm³/mol. The quantitative estimate of drug-likeness (QED) is 0.696. The van der Waals surface area contributed by atoms with Gasteiger partial charge in [0.25, 0.3) is 5.56 Å². The maximum absolute atomic E-state index is 13.7. The molecule has 128 valence electrons. The topological polar surface area (TPSA) is 84.2 Å². The number of fused-ring (bicyclic) bond motifs is 1. The number of amides is 1. The summed E-state index contributed by atoms with van der Waals surface area (Å²) in [6.45, 7) is 1.56. The van der Waals surface area contributed by atoms with E-state index in [-0.39, 0.29) is 11.5 Å². The maximum atomic E-state index is 13.7. The molecule has 0 aliphatic carbocycles. The number of carbonyl (C=O) groups is 1. The third-order valence-electron chi connectivity index (χ3n) is 3.67. The number of halogens is 2. The highest BCUT2D eigenvalue weighted by atomic mass is 79.9. The van der Waals surface area contributed by atoms with Crippen LogP contribution < -0.4 is 10.9 Å². The van der Waals surface area contributed by atoms with E-state index in [4.69, 9.17) is 5.11 Å². The molecule has 2 aromatic carbocycles. The smallest absolute Gasteiger partial charge is 0.405 e. The summed E-state index contributed by atoms with van der Waals surface area (Å²) < 4.78 is 15.4. The number of carboxylic acid groups (broad SMARTS) is 1. The van der Waals surface area contributed by atoms with E-state index < -0.39 is 23.5 Å². The Morgan fingerprint density at radius 2 is 2.04 bits per heavy atom. The molecule has 0 saturated heterocycles. The Labute approximate surface area is 150 Å². The second-order valence-electron chi connectivity index (χ2n) is 5.40. The maximum Gasteiger partial charge on any atom is 0.405 e. The van der Waals surface area contributed by atoms with Crippen molar-refractivity contribution >= 4 is 32.9 Å². The van der Waals surface area contributed by atoms with E-state index in [9.17, 15) is 14.0 Å². The van der Waals surface area contributed by atoms with Crippen LogP contribution in [0.1, 0.15) is 18.8 Å². The first kappa shape index (κ1) is 17.1. The highest BCUT2D eigenvalue weighted by Gasteiger charge is 2.20. The molecule has 2 N–H and O–H groups in total. The van der Waals surface area contributed by atoms with Crippen molar-refractivity contribution in [1.29, 1.82) is 0 Å². The summed E-state index contributed by atoms with van der Waals surface area (Å²) in [7, 11) is 0. The van der Waals surface area contributed by atoms with Crippen LogP contribution >= 0.6 is 15.9 Å². The van der Waals surface area contributed by atoms with Gasteiger partial charge in [0.15, 0.2) is 0 Å². The van der Waals surface area contributed by atoms with E-state index in [0.29, 0.717) is 15.4 Å². The zero-order valence-electron chi connectivity index (χ0n) is 13.0. The van der Waals surface area contributed by atoms with E-state index in [1.807, 2.05) is 0 Å². The summed E-state index contributed by atoms with van der Waals surface area (Å²) >= 11 is 3.33. The van der Waals surface area contributed by atoms with E-state index in [0.717, 1.165) is 0 Å². The van der Waals surface area contributed by atoms with Crippen LogP contribution in [0.25, 0.3) is 16.6 Å². The number of hydrogen-bond acceptors (Lipinski definition) is 3. The van der Waals surface area contributed by atoms with Crippen molar-refractivity contribution in [3.05, 3.63) is 68.9 Å². The normalized spacial score (nSPS) is 12.1. The van der Waals surface area contributed by atoms with Gasteiger partial charge in [-0.3, -0.25) is 9.36 Å². The first-order valence-electron chi connectivity index (χ1n) is 7.35. The molecule has 3 rings (SSSR count). The second-order valence-corrected chi connectivity index (χ2v) is 6.25. The van der Waals surface area contributed by atoms with Crippen molar-refractivity contribution in [1.82, 2.24) is 14.9 Å². The molecule has 0 aliphatic rings. The molecule has 3 aromatic rings. The summed E-state index contributed by atoms with van der Waals surface area (Å²) in [6.07, 6.45) is -1.25. The molecule has 1 heterocycles. The van der Waals surface area contributed by atoms with Crippen LogP contribution in [-0.2, 0) is 0 Å². The van der Waals surface area contributed by atoms with Gasteiger partial charge in [-0.05, 0) is 53.2 Å². The van der Waals surface area contributed by atoms with Gasteiger partial charge in [-0.1, -0.05) is 12.1 Å². The molecule has 0 saturated carbocycles. The molecule has 0 aliphatic heterocycles. The molecule has 1 unspecified atom stereocenters. The van der Waals surface area contributed by atoms with Gasteiger partial charge < -0.3 is 10.4 Å². The summed E-state index contributed by atoms with van der Waals surface area (Å²) in [5, 5.41) is 11.6. The van der Waals surface area contributed by atoms with Crippen LogP contribution in [0, 0.1) is 5.82 Å². The van der Waals surface area contributed by atoms with E-state index in [2.05, 4.69) is 26.2 Å². The van der Waals surface area contributed by atoms with Crippen molar-refractivity contribution in [2.24, 2.45) is 0 Å². The molecule has 0 bridgehead atoms. The van der Waals surface area contributed by atoms with Crippen LogP contribution in [0.5, 0.6) is 0 Å². The van der Waals surface area contributed by atoms with Crippen molar-refractivity contribution < 1.29 is 14.3 Å². The van der Waals surface area contributed by atoms with Gasteiger partial charge in [-0.2, -0.15) is 0 Å². The van der Waals surface area contributed by atoms with Gasteiger partial charge in [0.1, 0.15) is 11.6 Å². The van der Waals surface area contributed by atoms with Crippen LogP contribution in [-0.4, -0.2) is 20.8 Å². The molecule has 25 heavy (non-hydrogen) atoms. The van der Waals surface area contributed by atoms with Crippen LogP contribution in [0.2, 0.25) is 0 Å². The van der Waals surface area contributed by atoms with Gasteiger partial charge in [0.2, 0.25) is 0 Å². The zero-order chi connectivity index (χ0) is 18.1. The summed E-state index contributed by atoms with van der Waals surface area (Å²) in [4.78, 5) is 28.5. The minimum atomic E-state index is -1.25. The largest absolute Gasteiger partial charge is 0.465 e. The predicted octanol–water partition coefficient (Wildman–Crippen LogP) is 3.62. The van der Waals surface area contributed by atoms with E-state index in [1.165, 1.54) is 22.8 Å². The first-order valence-corrected chi connectivity index (χ1v) is 8.14. The molecule has 0 radical (unpaired) electrons. The number of nitrogens with zero attached hydrogens (tertiary/aromatic N) is 2. The number of benzene rings is 2. The fourth-order valence-electron chi connectivity index (χ4n) is 2.61. The molecule has 1 amide bonds.